The van der Waals surface area contributed by atoms with Crippen LogP contribution in [-0.2, 0) is 12.8 Å². The van der Waals surface area contributed by atoms with E-state index in [0.29, 0.717) is 10.6 Å². The van der Waals surface area contributed by atoms with Crippen molar-refractivity contribution in [1.82, 2.24) is 4.98 Å². The number of amides is 1. The van der Waals surface area contributed by atoms with Crippen molar-refractivity contribution in [3.8, 4) is 0 Å². The van der Waals surface area contributed by atoms with Crippen molar-refractivity contribution in [3.63, 3.8) is 0 Å². The van der Waals surface area contributed by atoms with E-state index in [1.807, 2.05) is 25.1 Å². The Hall–Kier alpha value is -1.67. The number of halogens is 1. The summed E-state index contributed by atoms with van der Waals surface area (Å²) in [6, 6.07) is 8.08. The van der Waals surface area contributed by atoms with Gasteiger partial charge in [-0.25, -0.2) is 4.98 Å². The van der Waals surface area contributed by atoms with E-state index >= 15 is 0 Å². The average Bonchev–Trinajstić information content (AvgIpc) is 2.92. The third-order valence-electron chi connectivity index (χ3n) is 4.64. The Morgan fingerprint density at radius 1 is 1.28 bits per heavy atom. The predicted octanol–water partition coefficient (Wildman–Crippen LogP) is 4.92. The Morgan fingerprint density at radius 3 is 2.88 bits per heavy atom. The van der Waals surface area contributed by atoms with Crippen LogP contribution in [0.25, 0.3) is 10.2 Å². The predicted molar refractivity (Wildman–Crippen MR) is 113 cm³/mol. The molecule has 3 N–H and O–H groups in total. The minimum atomic E-state index is -0.164. The molecule has 1 aromatic carbocycles. The van der Waals surface area contributed by atoms with Crippen LogP contribution in [0.5, 0.6) is 0 Å². The first-order chi connectivity index (χ1) is 12.0. The number of anilines is 2. The van der Waals surface area contributed by atoms with Crippen LogP contribution in [0.1, 0.15) is 39.3 Å². The molecule has 0 spiro atoms. The second-order valence-electron chi connectivity index (χ2n) is 6.41. The topological polar surface area (TPSA) is 68.0 Å². The number of carbonyl (C=O) groups is 1. The molecule has 1 aliphatic rings. The number of nitrogens with two attached hydrogens (primary N) is 1. The van der Waals surface area contributed by atoms with Crippen LogP contribution in [-0.4, -0.2) is 10.9 Å². The molecule has 0 atom stereocenters. The number of nitrogens with one attached hydrogen (secondary N) is 1. The quantitative estimate of drug-likeness (QED) is 0.530. The van der Waals surface area contributed by atoms with Gasteiger partial charge in [0.25, 0.3) is 5.91 Å². The Balaban J connectivity index is 1.70. The summed E-state index contributed by atoms with van der Waals surface area (Å²) in [6.07, 6.45) is 4.46. The Labute approximate surface area is 164 Å². The van der Waals surface area contributed by atoms with Crippen LogP contribution in [0.2, 0.25) is 0 Å². The number of nitrogen functional groups attached to an aromatic ring is 1. The first-order valence-corrected chi connectivity index (χ1v) is 10.2. The molecular formula is C19H18IN3OS. The fraction of sp³-hybridized carbons (Fsp3) is 0.263. The van der Waals surface area contributed by atoms with Crippen LogP contribution in [0.4, 0.5) is 11.4 Å². The molecule has 0 saturated heterocycles. The summed E-state index contributed by atoms with van der Waals surface area (Å²) in [4.78, 5) is 18.9. The number of hydrogen-bond acceptors (Lipinski definition) is 4. The largest absolute Gasteiger partial charge is 0.397 e. The van der Waals surface area contributed by atoms with Crippen LogP contribution in [0, 0.1) is 10.5 Å². The molecule has 1 amide bonds. The number of pyridine rings is 1. The first-order valence-electron chi connectivity index (χ1n) is 8.31. The molecule has 0 fully saturated rings. The standard InChI is InChI=1S/C19H18IN3OS/c1-10-8-12(20)6-7-14(10)22-18(24)17-16(21)13-9-11-4-2-3-5-15(11)23-19(13)25-17/h6-9H,2-5,21H2,1H3,(H,22,24). The summed E-state index contributed by atoms with van der Waals surface area (Å²) >= 11 is 3.64. The van der Waals surface area contributed by atoms with Gasteiger partial charge in [0.1, 0.15) is 9.71 Å². The Morgan fingerprint density at radius 2 is 2.08 bits per heavy atom. The van der Waals surface area contributed by atoms with Crippen molar-refractivity contribution < 1.29 is 4.79 Å². The first kappa shape index (κ1) is 16.8. The van der Waals surface area contributed by atoms with Gasteiger partial charge < -0.3 is 11.1 Å². The van der Waals surface area contributed by atoms with E-state index in [2.05, 4.69) is 34.0 Å². The third-order valence-corrected chi connectivity index (χ3v) is 6.43. The van der Waals surface area contributed by atoms with Gasteiger partial charge in [0.05, 0.1) is 5.69 Å². The number of aryl methyl sites for hydroxylation is 3. The van der Waals surface area contributed by atoms with Crippen molar-refractivity contribution in [1.29, 1.82) is 0 Å². The highest BCUT2D eigenvalue weighted by Crippen LogP contribution is 2.36. The minimum Gasteiger partial charge on any atom is -0.397 e. The maximum atomic E-state index is 12.8. The smallest absolute Gasteiger partial charge is 0.267 e. The number of nitrogens with zero attached hydrogens (tertiary/aromatic N) is 1. The summed E-state index contributed by atoms with van der Waals surface area (Å²) < 4.78 is 1.14. The van der Waals surface area contributed by atoms with Crippen molar-refractivity contribution in [2.24, 2.45) is 0 Å². The molecule has 2 heterocycles. The van der Waals surface area contributed by atoms with E-state index in [1.54, 1.807) is 0 Å². The second-order valence-corrected chi connectivity index (χ2v) is 8.66. The van der Waals surface area contributed by atoms with Gasteiger partial charge in [0.15, 0.2) is 0 Å². The van der Waals surface area contributed by atoms with E-state index in [4.69, 9.17) is 10.7 Å². The lowest BCUT2D eigenvalue weighted by Gasteiger charge is -2.14. The molecule has 2 aromatic heterocycles. The molecule has 3 aromatic rings. The molecule has 0 aliphatic heterocycles. The summed E-state index contributed by atoms with van der Waals surface area (Å²) in [5.74, 6) is -0.164. The van der Waals surface area contributed by atoms with Crippen LogP contribution >= 0.6 is 33.9 Å². The van der Waals surface area contributed by atoms with Crippen LogP contribution < -0.4 is 11.1 Å². The SMILES string of the molecule is Cc1cc(I)ccc1NC(=O)c1sc2nc3c(cc2c1N)CCCC3. The van der Waals surface area contributed by atoms with Crippen molar-refractivity contribution in [2.75, 3.05) is 11.1 Å². The van der Waals surface area contributed by atoms with Crippen LogP contribution in [0.3, 0.4) is 0 Å². The fourth-order valence-electron chi connectivity index (χ4n) is 3.27. The third kappa shape index (κ3) is 3.13. The van der Waals surface area contributed by atoms with Gasteiger partial charge in [-0.05, 0) is 90.6 Å². The second kappa shape index (κ2) is 6.57. The number of benzene rings is 1. The van der Waals surface area contributed by atoms with Crippen molar-refractivity contribution in [3.05, 3.63) is 49.5 Å². The number of rotatable bonds is 2. The summed E-state index contributed by atoms with van der Waals surface area (Å²) in [5.41, 5.74) is 11.1. The molecule has 4 nitrogen and oxygen atoms in total. The number of fused-ring (bicyclic) bond motifs is 2. The number of carbonyl (C=O) groups excluding carboxylic acids is 1. The monoisotopic (exact) mass is 463 g/mol. The van der Waals surface area contributed by atoms with E-state index in [-0.39, 0.29) is 5.91 Å². The van der Waals surface area contributed by atoms with Crippen molar-refractivity contribution in [2.45, 2.75) is 32.6 Å². The molecule has 0 saturated carbocycles. The highest BCUT2D eigenvalue weighted by atomic mass is 127. The summed E-state index contributed by atoms with van der Waals surface area (Å²) in [6.45, 7) is 1.99. The van der Waals surface area contributed by atoms with Crippen LogP contribution in [0.15, 0.2) is 24.3 Å². The average molecular weight is 463 g/mol. The molecule has 128 valence electrons. The Bertz CT molecular complexity index is 996. The normalized spacial score (nSPS) is 13.7. The van der Waals surface area contributed by atoms with Gasteiger partial charge >= 0.3 is 0 Å². The maximum absolute atomic E-state index is 12.8. The summed E-state index contributed by atoms with van der Waals surface area (Å²) in [7, 11) is 0. The molecule has 0 bridgehead atoms. The number of aromatic nitrogens is 1. The molecule has 0 unspecified atom stereocenters. The van der Waals surface area contributed by atoms with E-state index in [1.165, 1.54) is 35.4 Å². The van der Waals surface area contributed by atoms with Gasteiger partial charge in [0, 0.05) is 20.3 Å². The van der Waals surface area contributed by atoms with E-state index in [9.17, 15) is 4.79 Å². The highest BCUT2D eigenvalue weighted by molar-refractivity contribution is 14.1. The maximum Gasteiger partial charge on any atom is 0.267 e. The minimum absolute atomic E-state index is 0.164. The number of thiophene rings is 1. The highest BCUT2D eigenvalue weighted by Gasteiger charge is 2.20. The molecule has 6 heteroatoms. The molecule has 25 heavy (non-hydrogen) atoms. The van der Waals surface area contributed by atoms with Gasteiger partial charge in [-0.15, -0.1) is 11.3 Å². The number of hydrogen-bond donors (Lipinski definition) is 2. The summed E-state index contributed by atoms with van der Waals surface area (Å²) in [5, 5.41) is 3.90. The van der Waals surface area contributed by atoms with Gasteiger partial charge in [0.2, 0.25) is 0 Å². The molecule has 0 radical (unpaired) electrons. The lowest BCUT2D eigenvalue weighted by atomic mass is 9.95. The zero-order valence-electron chi connectivity index (χ0n) is 13.9. The molecule has 4 rings (SSSR count). The zero-order valence-corrected chi connectivity index (χ0v) is 16.8. The van der Waals surface area contributed by atoms with Gasteiger partial charge in [-0.2, -0.15) is 0 Å². The lowest BCUT2D eigenvalue weighted by molar-refractivity contribution is 0.103. The Kier molecular flexibility index (Phi) is 4.41. The van der Waals surface area contributed by atoms with E-state index in [0.717, 1.165) is 37.9 Å². The van der Waals surface area contributed by atoms with Gasteiger partial charge in [-0.3, -0.25) is 4.79 Å². The fourth-order valence-corrected chi connectivity index (χ4v) is 4.91. The van der Waals surface area contributed by atoms with E-state index < -0.39 is 0 Å². The zero-order chi connectivity index (χ0) is 17.6. The lowest BCUT2D eigenvalue weighted by Crippen LogP contribution is -2.12. The molecular weight excluding hydrogens is 445 g/mol. The van der Waals surface area contributed by atoms with Crippen molar-refractivity contribution >= 4 is 61.4 Å². The molecule has 1 aliphatic carbocycles. The van der Waals surface area contributed by atoms with Gasteiger partial charge in [-0.1, -0.05) is 0 Å².